The van der Waals surface area contributed by atoms with Gasteiger partial charge in [-0.15, -0.1) is 11.6 Å². The highest BCUT2D eigenvalue weighted by molar-refractivity contribution is 6.20. The summed E-state index contributed by atoms with van der Waals surface area (Å²) >= 11 is 6.30. The predicted molar refractivity (Wildman–Crippen MR) is 83.9 cm³/mol. The van der Waals surface area contributed by atoms with Crippen LogP contribution in [0.4, 0.5) is 0 Å². The number of halogens is 1. The molecule has 0 aliphatic carbocycles. The van der Waals surface area contributed by atoms with Crippen LogP contribution in [0, 0.1) is 0 Å². The van der Waals surface area contributed by atoms with Gasteiger partial charge in [0.25, 0.3) is 0 Å². The molecule has 2 aromatic heterocycles. The quantitative estimate of drug-likeness (QED) is 0.688. The molecule has 1 unspecified atom stereocenters. The maximum Gasteiger partial charge on any atom is 0.146 e. The van der Waals surface area contributed by atoms with Crippen LogP contribution in [-0.2, 0) is 6.54 Å². The minimum absolute atomic E-state index is 0.182. The van der Waals surface area contributed by atoms with E-state index in [0.29, 0.717) is 6.54 Å². The van der Waals surface area contributed by atoms with Gasteiger partial charge in [-0.1, -0.05) is 12.1 Å². The van der Waals surface area contributed by atoms with Crippen LogP contribution < -0.4 is 4.74 Å². The number of rotatable bonds is 4. The molecule has 1 atom stereocenters. The standard InChI is InChI=1S/C16H16ClN3O/c1-11(17)16-19-15-13(6-3-7-14(15)21-2)20(16)10-12-5-4-8-18-9-12/h3-9,11H,10H2,1-2H3. The molecule has 1 aromatic carbocycles. The molecular formula is C16H16ClN3O. The van der Waals surface area contributed by atoms with Crippen LogP contribution in [0.25, 0.3) is 11.0 Å². The Morgan fingerprint density at radius 1 is 1.29 bits per heavy atom. The van der Waals surface area contributed by atoms with Crippen LogP contribution in [0.3, 0.4) is 0 Å². The van der Waals surface area contributed by atoms with Crippen LogP contribution in [0.1, 0.15) is 23.7 Å². The largest absolute Gasteiger partial charge is 0.494 e. The zero-order chi connectivity index (χ0) is 14.8. The molecule has 4 nitrogen and oxygen atoms in total. The second-order valence-corrected chi connectivity index (χ2v) is 5.52. The van der Waals surface area contributed by atoms with Crippen molar-refractivity contribution in [1.82, 2.24) is 14.5 Å². The highest BCUT2D eigenvalue weighted by atomic mass is 35.5. The lowest BCUT2D eigenvalue weighted by Crippen LogP contribution is -2.05. The van der Waals surface area contributed by atoms with Gasteiger partial charge in [0.1, 0.15) is 17.1 Å². The first-order valence-corrected chi connectivity index (χ1v) is 7.20. The monoisotopic (exact) mass is 301 g/mol. The van der Waals surface area contributed by atoms with E-state index in [1.54, 1.807) is 13.3 Å². The Morgan fingerprint density at radius 3 is 2.81 bits per heavy atom. The first-order chi connectivity index (χ1) is 10.2. The molecule has 3 aromatic rings. The number of methoxy groups -OCH3 is 1. The van der Waals surface area contributed by atoms with Crippen molar-refractivity contribution in [1.29, 1.82) is 0 Å². The molecule has 0 aliphatic heterocycles. The van der Waals surface area contributed by atoms with Crippen LogP contribution >= 0.6 is 11.6 Å². The highest BCUT2D eigenvalue weighted by Gasteiger charge is 2.17. The fourth-order valence-electron chi connectivity index (χ4n) is 2.45. The average molecular weight is 302 g/mol. The fraction of sp³-hybridized carbons (Fsp3) is 0.250. The number of para-hydroxylation sites is 1. The molecule has 108 valence electrons. The number of pyridine rings is 1. The average Bonchev–Trinajstić information content (AvgIpc) is 2.87. The van der Waals surface area contributed by atoms with Gasteiger partial charge in [0.15, 0.2) is 0 Å². The summed E-state index contributed by atoms with van der Waals surface area (Å²) in [5.41, 5.74) is 2.96. The Morgan fingerprint density at radius 2 is 2.14 bits per heavy atom. The first kappa shape index (κ1) is 13.9. The number of aromatic nitrogens is 3. The van der Waals surface area contributed by atoms with Gasteiger partial charge in [0.05, 0.1) is 24.5 Å². The molecule has 21 heavy (non-hydrogen) atoms. The maximum absolute atomic E-state index is 6.30. The van der Waals surface area contributed by atoms with Gasteiger partial charge < -0.3 is 9.30 Å². The van der Waals surface area contributed by atoms with Crippen molar-refractivity contribution in [3.05, 3.63) is 54.1 Å². The van der Waals surface area contributed by atoms with Gasteiger partial charge in [0, 0.05) is 12.4 Å². The Bertz CT molecular complexity index is 753. The summed E-state index contributed by atoms with van der Waals surface area (Å²) in [5, 5.41) is -0.182. The third-order valence-electron chi connectivity index (χ3n) is 3.41. The lowest BCUT2D eigenvalue weighted by atomic mass is 10.2. The van der Waals surface area contributed by atoms with Crippen LogP contribution in [0.15, 0.2) is 42.7 Å². The van der Waals surface area contributed by atoms with Crippen LogP contribution in [0.2, 0.25) is 0 Å². The van der Waals surface area contributed by atoms with E-state index in [1.165, 1.54) is 0 Å². The Labute approximate surface area is 128 Å². The lowest BCUT2D eigenvalue weighted by Gasteiger charge is -2.10. The number of ether oxygens (including phenoxy) is 1. The molecule has 0 amide bonds. The molecule has 0 saturated heterocycles. The number of fused-ring (bicyclic) bond motifs is 1. The van der Waals surface area contributed by atoms with E-state index in [4.69, 9.17) is 16.3 Å². The Kier molecular flexibility index (Phi) is 3.80. The van der Waals surface area contributed by atoms with E-state index in [9.17, 15) is 0 Å². The summed E-state index contributed by atoms with van der Waals surface area (Å²) in [5.74, 6) is 1.59. The number of nitrogens with zero attached hydrogens (tertiary/aromatic N) is 3. The van der Waals surface area contributed by atoms with E-state index < -0.39 is 0 Å². The fourth-order valence-corrected chi connectivity index (χ4v) is 2.61. The van der Waals surface area contributed by atoms with Gasteiger partial charge in [-0.3, -0.25) is 4.98 Å². The van der Waals surface area contributed by atoms with Crippen molar-refractivity contribution >= 4 is 22.6 Å². The third kappa shape index (κ3) is 2.59. The van der Waals surface area contributed by atoms with E-state index in [1.807, 2.05) is 43.5 Å². The highest BCUT2D eigenvalue weighted by Crippen LogP contribution is 2.30. The van der Waals surface area contributed by atoms with Crippen molar-refractivity contribution in [2.45, 2.75) is 18.8 Å². The molecule has 0 saturated carbocycles. The van der Waals surface area contributed by atoms with E-state index in [0.717, 1.165) is 28.2 Å². The molecule has 0 bridgehead atoms. The van der Waals surface area contributed by atoms with Gasteiger partial charge in [0.2, 0.25) is 0 Å². The molecule has 0 fully saturated rings. The second-order valence-electron chi connectivity index (χ2n) is 4.86. The SMILES string of the molecule is COc1cccc2c1nc(C(C)Cl)n2Cc1cccnc1. The second kappa shape index (κ2) is 5.74. The summed E-state index contributed by atoms with van der Waals surface area (Å²) in [6, 6.07) is 9.88. The third-order valence-corrected chi connectivity index (χ3v) is 3.61. The van der Waals surface area contributed by atoms with Gasteiger partial charge in [-0.25, -0.2) is 4.98 Å². The minimum atomic E-state index is -0.182. The summed E-state index contributed by atoms with van der Waals surface area (Å²) in [6.07, 6.45) is 3.62. The predicted octanol–water partition coefficient (Wildman–Crippen LogP) is 3.79. The molecular weight excluding hydrogens is 286 g/mol. The Balaban J connectivity index is 2.17. The molecule has 2 heterocycles. The Hall–Kier alpha value is -2.07. The minimum Gasteiger partial charge on any atom is -0.494 e. The number of alkyl halides is 1. The van der Waals surface area contributed by atoms with E-state index in [-0.39, 0.29) is 5.38 Å². The van der Waals surface area contributed by atoms with Crippen LogP contribution in [-0.4, -0.2) is 21.6 Å². The van der Waals surface area contributed by atoms with Gasteiger partial charge in [-0.05, 0) is 30.7 Å². The maximum atomic E-state index is 6.30. The lowest BCUT2D eigenvalue weighted by molar-refractivity contribution is 0.419. The normalized spacial score (nSPS) is 12.5. The molecule has 0 aliphatic rings. The van der Waals surface area contributed by atoms with Crippen LogP contribution in [0.5, 0.6) is 5.75 Å². The molecule has 3 rings (SSSR count). The summed E-state index contributed by atoms with van der Waals surface area (Å²) in [6.45, 7) is 2.61. The molecule has 0 radical (unpaired) electrons. The number of imidazole rings is 1. The van der Waals surface area contributed by atoms with Crippen molar-refractivity contribution in [2.75, 3.05) is 7.11 Å². The molecule has 0 spiro atoms. The zero-order valence-electron chi connectivity index (χ0n) is 12.0. The summed E-state index contributed by atoms with van der Waals surface area (Å²) in [7, 11) is 1.65. The van der Waals surface area contributed by atoms with Crippen molar-refractivity contribution in [3.8, 4) is 5.75 Å². The zero-order valence-corrected chi connectivity index (χ0v) is 12.7. The van der Waals surface area contributed by atoms with E-state index >= 15 is 0 Å². The smallest absolute Gasteiger partial charge is 0.146 e. The van der Waals surface area contributed by atoms with Crippen molar-refractivity contribution in [3.63, 3.8) is 0 Å². The first-order valence-electron chi connectivity index (χ1n) is 6.77. The molecule has 5 heteroatoms. The summed E-state index contributed by atoms with van der Waals surface area (Å²) in [4.78, 5) is 8.83. The molecule has 0 N–H and O–H groups in total. The summed E-state index contributed by atoms with van der Waals surface area (Å²) < 4.78 is 7.51. The number of hydrogen-bond acceptors (Lipinski definition) is 3. The van der Waals surface area contributed by atoms with E-state index in [2.05, 4.69) is 14.5 Å². The number of hydrogen-bond donors (Lipinski definition) is 0. The van der Waals surface area contributed by atoms with Gasteiger partial charge in [-0.2, -0.15) is 0 Å². The van der Waals surface area contributed by atoms with Gasteiger partial charge >= 0.3 is 0 Å². The number of benzene rings is 1. The van der Waals surface area contributed by atoms with Crippen molar-refractivity contribution in [2.24, 2.45) is 0 Å². The topological polar surface area (TPSA) is 39.9 Å². The van der Waals surface area contributed by atoms with Crippen molar-refractivity contribution < 1.29 is 4.74 Å².